The number of aromatic nitrogens is 1. The van der Waals surface area contributed by atoms with Crippen LogP contribution >= 0.6 is 11.8 Å². The van der Waals surface area contributed by atoms with Gasteiger partial charge in [0.25, 0.3) is 0 Å². The predicted molar refractivity (Wildman–Crippen MR) is 222 cm³/mol. The number of hydrogen-bond donors (Lipinski definition) is 0. The monoisotopic (exact) mass is 699 g/mol. The van der Waals surface area contributed by atoms with Gasteiger partial charge in [0, 0.05) is 25.6 Å². The van der Waals surface area contributed by atoms with Gasteiger partial charge in [-0.25, -0.2) is 0 Å². The predicted octanol–water partition coefficient (Wildman–Crippen LogP) is 13.1. The van der Waals surface area contributed by atoms with Crippen LogP contribution in [0.5, 0.6) is 11.5 Å². The number of benzene rings is 5. The molecule has 0 aliphatic carbocycles. The molecule has 0 saturated carbocycles. The molecule has 4 heteroatoms. The molecule has 2 fully saturated rings. The van der Waals surface area contributed by atoms with Gasteiger partial charge in [0.05, 0.1) is 0 Å². The Bertz CT molecular complexity index is 1660. The summed E-state index contributed by atoms with van der Waals surface area (Å²) >= 11 is 2.08. The first-order chi connectivity index (χ1) is 24.8. The van der Waals surface area contributed by atoms with E-state index in [1.54, 1.807) is 6.20 Å². The highest BCUT2D eigenvalue weighted by Crippen LogP contribution is 2.22. The molecule has 3 heterocycles. The SMILES string of the molecule is CC1CCOC1.CC1CCSC1.Cc1ccc(Oc2ccccc2)cc1.Cc1ccc2ccccc2c1.Cc1ccccc1.Cc1cccnc1. The van der Waals surface area contributed by atoms with Crippen molar-refractivity contribution in [1.29, 1.82) is 0 Å². The van der Waals surface area contributed by atoms with Gasteiger partial charge in [-0.1, -0.05) is 140 Å². The minimum atomic E-state index is 0.824. The van der Waals surface area contributed by atoms with E-state index in [0.717, 1.165) is 36.5 Å². The Morgan fingerprint density at radius 3 is 1.61 bits per heavy atom. The van der Waals surface area contributed by atoms with Crippen molar-refractivity contribution in [3.8, 4) is 11.5 Å². The zero-order chi connectivity index (χ0) is 36.5. The van der Waals surface area contributed by atoms with Crippen molar-refractivity contribution in [2.75, 3.05) is 24.7 Å². The standard InChI is InChI=1S/C13H12O.C11H10.C7H8.C6H7N.C5H10O.C5H10S/c1-11-7-9-13(10-8-11)14-12-5-3-2-4-6-12;1-9-6-7-10-4-2-3-5-11(10)8-9;1-7-5-3-2-4-6-7;1-6-3-2-4-7-5-6;2*1-5-2-3-6-4-5/h2-10H,1H3;2-8H,1H3;2-6H,1H3;2-5H,1H3;2*5H,2-4H2,1H3. The summed E-state index contributed by atoms with van der Waals surface area (Å²) in [7, 11) is 0. The zero-order valence-electron chi connectivity index (χ0n) is 31.5. The van der Waals surface area contributed by atoms with Crippen molar-refractivity contribution in [1.82, 2.24) is 4.98 Å². The number of rotatable bonds is 2. The first-order valence-electron chi connectivity index (χ1n) is 18.1. The molecule has 3 nitrogen and oxygen atoms in total. The number of para-hydroxylation sites is 1. The van der Waals surface area contributed by atoms with Crippen LogP contribution in [0.3, 0.4) is 0 Å². The molecular formula is C47H57NO2S. The Hall–Kier alpha value is -4.38. The average molecular weight is 700 g/mol. The number of hydrogen-bond acceptors (Lipinski definition) is 4. The number of fused-ring (bicyclic) bond motifs is 1. The summed E-state index contributed by atoms with van der Waals surface area (Å²) < 4.78 is 10.7. The molecule has 2 saturated heterocycles. The highest BCUT2D eigenvalue weighted by molar-refractivity contribution is 7.99. The molecule has 8 rings (SSSR count). The quantitative estimate of drug-likeness (QED) is 0.180. The smallest absolute Gasteiger partial charge is 0.127 e. The molecule has 268 valence electrons. The van der Waals surface area contributed by atoms with Crippen LogP contribution in [0, 0.1) is 39.5 Å². The van der Waals surface area contributed by atoms with Gasteiger partial charge in [-0.3, -0.25) is 4.98 Å². The summed E-state index contributed by atoms with van der Waals surface area (Å²) in [6.07, 6.45) is 6.32. The van der Waals surface area contributed by atoms with Crippen LogP contribution < -0.4 is 4.74 Å². The maximum atomic E-state index is 5.63. The van der Waals surface area contributed by atoms with E-state index in [4.69, 9.17) is 9.47 Å². The second-order valence-electron chi connectivity index (χ2n) is 13.2. The number of nitrogens with zero attached hydrogens (tertiary/aromatic N) is 1. The second-order valence-corrected chi connectivity index (χ2v) is 14.4. The van der Waals surface area contributed by atoms with Crippen LogP contribution in [-0.4, -0.2) is 29.7 Å². The van der Waals surface area contributed by atoms with E-state index < -0.39 is 0 Å². The van der Waals surface area contributed by atoms with Crippen molar-refractivity contribution >= 4 is 22.5 Å². The fourth-order valence-corrected chi connectivity index (χ4v) is 6.13. The maximum absolute atomic E-state index is 5.63. The number of pyridine rings is 1. The number of thioether (sulfide) groups is 1. The molecule has 0 N–H and O–H groups in total. The van der Waals surface area contributed by atoms with Crippen molar-refractivity contribution in [2.24, 2.45) is 11.8 Å². The zero-order valence-corrected chi connectivity index (χ0v) is 32.3. The summed E-state index contributed by atoms with van der Waals surface area (Å²) in [5.41, 5.74) is 5.10. The number of ether oxygens (including phenoxy) is 2. The molecule has 5 aromatic carbocycles. The summed E-state index contributed by atoms with van der Waals surface area (Å²) in [6, 6.07) is 46.9. The molecule has 2 aliphatic rings. The molecule has 6 aromatic rings. The van der Waals surface area contributed by atoms with Crippen molar-refractivity contribution < 1.29 is 9.47 Å². The molecule has 2 atom stereocenters. The largest absolute Gasteiger partial charge is 0.457 e. The van der Waals surface area contributed by atoms with Crippen LogP contribution in [0.25, 0.3) is 10.8 Å². The Morgan fingerprint density at radius 1 is 0.569 bits per heavy atom. The van der Waals surface area contributed by atoms with Crippen LogP contribution in [0.4, 0.5) is 0 Å². The minimum absolute atomic E-state index is 0.824. The molecule has 0 radical (unpaired) electrons. The van der Waals surface area contributed by atoms with E-state index in [9.17, 15) is 0 Å². The maximum Gasteiger partial charge on any atom is 0.127 e. The highest BCUT2D eigenvalue weighted by atomic mass is 32.2. The van der Waals surface area contributed by atoms with Gasteiger partial charge in [-0.15, -0.1) is 0 Å². The lowest BCUT2D eigenvalue weighted by molar-refractivity contribution is 0.188. The fraction of sp³-hybridized carbons (Fsp3) is 0.298. The first kappa shape index (κ1) is 41.0. The summed E-state index contributed by atoms with van der Waals surface area (Å²) in [4.78, 5) is 3.88. The second kappa shape index (κ2) is 24.7. The van der Waals surface area contributed by atoms with E-state index in [-0.39, 0.29) is 0 Å². The molecule has 0 bridgehead atoms. The lowest BCUT2D eigenvalue weighted by atomic mass is 10.1. The number of aryl methyl sites for hydroxylation is 4. The Balaban J connectivity index is 0.000000171. The minimum Gasteiger partial charge on any atom is -0.457 e. The van der Waals surface area contributed by atoms with E-state index in [0.29, 0.717) is 0 Å². The van der Waals surface area contributed by atoms with Gasteiger partial charge in [0.15, 0.2) is 0 Å². The lowest BCUT2D eigenvalue weighted by Gasteiger charge is -2.04. The third-order valence-corrected chi connectivity index (χ3v) is 9.30. The van der Waals surface area contributed by atoms with E-state index in [1.165, 1.54) is 57.4 Å². The van der Waals surface area contributed by atoms with E-state index in [2.05, 4.69) is 106 Å². The molecule has 0 spiro atoms. The average Bonchev–Trinajstić information content (AvgIpc) is 3.85. The third kappa shape index (κ3) is 19.0. The van der Waals surface area contributed by atoms with Crippen molar-refractivity contribution in [3.63, 3.8) is 0 Å². The van der Waals surface area contributed by atoms with Gasteiger partial charge in [-0.2, -0.15) is 11.8 Å². The van der Waals surface area contributed by atoms with E-state index in [1.807, 2.05) is 98.0 Å². The van der Waals surface area contributed by atoms with Crippen LogP contribution in [0.2, 0.25) is 0 Å². The van der Waals surface area contributed by atoms with Crippen LogP contribution in [-0.2, 0) is 4.74 Å². The Morgan fingerprint density at radius 2 is 1.16 bits per heavy atom. The topological polar surface area (TPSA) is 31.4 Å². The van der Waals surface area contributed by atoms with Crippen LogP contribution in [0.15, 0.2) is 152 Å². The molecule has 51 heavy (non-hydrogen) atoms. The van der Waals surface area contributed by atoms with E-state index >= 15 is 0 Å². The van der Waals surface area contributed by atoms with Crippen LogP contribution in [0.1, 0.15) is 48.9 Å². The van der Waals surface area contributed by atoms with Gasteiger partial charge >= 0.3 is 0 Å². The Labute approximate surface area is 312 Å². The summed E-state index contributed by atoms with van der Waals surface area (Å²) in [5.74, 6) is 6.39. The normalized spacial score (nSPS) is 15.4. The summed E-state index contributed by atoms with van der Waals surface area (Å²) in [5, 5.41) is 2.64. The van der Waals surface area contributed by atoms with Crippen molar-refractivity contribution in [2.45, 2.75) is 54.4 Å². The third-order valence-electron chi connectivity index (χ3n) is 7.97. The Kier molecular flexibility index (Phi) is 19.9. The van der Waals surface area contributed by atoms with Crippen molar-refractivity contribution in [3.05, 3.63) is 174 Å². The molecule has 2 unspecified atom stereocenters. The van der Waals surface area contributed by atoms with Gasteiger partial charge < -0.3 is 9.47 Å². The summed E-state index contributed by atoms with van der Waals surface area (Å²) in [6.45, 7) is 14.8. The first-order valence-corrected chi connectivity index (χ1v) is 19.2. The highest BCUT2D eigenvalue weighted by Gasteiger charge is 2.08. The molecule has 2 aliphatic heterocycles. The molecular weight excluding hydrogens is 643 g/mol. The van der Waals surface area contributed by atoms with Gasteiger partial charge in [-0.05, 0) is 111 Å². The fourth-order valence-electron chi connectivity index (χ4n) is 4.83. The molecule has 0 amide bonds. The van der Waals surface area contributed by atoms with Gasteiger partial charge in [0.1, 0.15) is 11.5 Å². The lowest BCUT2D eigenvalue weighted by Crippen LogP contribution is -1.88. The van der Waals surface area contributed by atoms with Gasteiger partial charge in [0.2, 0.25) is 0 Å². The molecule has 1 aromatic heterocycles.